The van der Waals surface area contributed by atoms with Crippen molar-refractivity contribution in [1.29, 1.82) is 0 Å². The highest BCUT2D eigenvalue weighted by Gasteiger charge is 2.15. The Morgan fingerprint density at radius 2 is 2.00 bits per heavy atom. The zero-order valence-electron chi connectivity index (χ0n) is 11.1. The number of nitrogens with zero attached hydrogens (tertiary/aromatic N) is 2. The summed E-state index contributed by atoms with van der Waals surface area (Å²) < 4.78 is 17.2. The highest BCUT2D eigenvalue weighted by molar-refractivity contribution is 5.15. The molecule has 1 N–H and O–H groups in total. The van der Waals surface area contributed by atoms with Crippen molar-refractivity contribution < 1.29 is 14.2 Å². The van der Waals surface area contributed by atoms with Crippen molar-refractivity contribution in [3.8, 4) is 5.88 Å². The summed E-state index contributed by atoms with van der Waals surface area (Å²) in [6.45, 7) is 2.64. The minimum Gasteiger partial charge on any atom is -0.481 e. The van der Waals surface area contributed by atoms with Crippen LogP contribution in [-0.4, -0.2) is 43.4 Å². The van der Waals surface area contributed by atoms with Crippen LogP contribution in [-0.2, 0) is 23.1 Å². The van der Waals surface area contributed by atoms with E-state index in [9.17, 15) is 0 Å². The molecule has 0 spiro atoms. The van der Waals surface area contributed by atoms with Gasteiger partial charge in [-0.1, -0.05) is 0 Å². The van der Waals surface area contributed by atoms with Crippen LogP contribution in [0.3, 0.4) is 0 Å². The molecule has 1 heterocycles. The standard InChI is InChI=1S/C11H21N3O3/c1-8(11(16-4)17-5)12-7-9-6-10(15-3)14(2)13-9/h6,8,11-12H,7H2,1-5H3. The first kappa shape index (κ1) is 14.0. The fourth-order valence-electron chi connectivity index (χ4n) is 1.65. The summed E-state index contributed by atoms with van der Waals surface area (Å²) in [5.74, 6) is 0.740. The highest BCUT2D eigenvalue weighted by Crippen LogP contribution is 2.11. The van der Waals surface area contributed by atoms with E-state index < -0.39 is 0 Å². The molecule has 6 nitrogen and oxygen atoms in total. The minimum atomic E-state index is -0.263. The van der Waals surface area contributed by atoms with E-state index in [0.717, 1.165) is 11.6 Å². The third kappa shape index (κ3) is 3.69. The summed E-state index contributed by atoms with van der Waals surface area (Å²) in [5, 5.41) is 7.60. The molecule has 98 valence electrons. The molecule has 0 aromatic carbocycles. The molecule has 1 rings (SSSR count). The summed E-state index contributed by atoms with van der Waals surface area (Å²) in [5.41, 5.74) is 0.919. The Balaban J connectivity index is 2.49. The molecular formula is C11H21N3O3. The van der Waals surface area contributed by atoms with Crippen molar-refractivity contribution in [3.05, 3.63) is 11.8 Å². The lowest BCUT2D eigenvalue weighted by Gasteiger charge is -2.21. The lowest BCUT2D eigenvalue weighted by atomic mass is 10.3. The average Bonchev–Trinajstić information content (AvgIpc) is 2.69. The molecule has 1 unspecified atom stereocenters. The van der Waals surface area contributed by atoms with Crippen molar-refractivity contribution in [2.75, 3.05) is 21.3 Å². The second kappa shape index (κ2) is 6.58. The van der Waals surface area contributed by atoms with Gasteiger partial charge in [0.05, 0.1) is 18.8 Å². The fourth-order valence-corrected chi connectivity index (χ4v) is 1.65. The summed E-state index contributed by atoms with van der Waals surface area (Å²) in [6, 6.07) is 1.98. The van der Waals surface area contributed by atoms with Crippen LogP contribution < -0.4 is 10.1 Å². The van der Waals surface area contributed by atoms with Gasteiger partial charge in [0.1, 0.15) is 0 Å². The molecule has 17 heavy (non-hydrogen) atoms. The van der Waals surface area contributed by atoms with E-state index in [2.05, 4.69) is 10.4 Å². The molecule has 0 radical (unpaired) electrons. The maximum absolute atomic E-state index is 5.16. The number of hydrogen-bond acceptors (Lipinski definition) is 5. The van der Waals surface area contributed by atoms with E-state index in [1.54, 1.807) is 26.0 Å². The molecular weight excluding hydrogens is 222 g/mol. The maximum atomic E-state index is 5.16. The van der Waals surface area contributed by atoms with Crippen molar-refractivity contribution in [2.45, 2.75) is 25.8 Å². The number of nitrogens with one attached hydrogen (secondary N) is 1. The topological polar surface area (TPSA) is 57.5 Å². The van der Waals surface area contributed by atoms with Crippen molar-refractivity contribution >= 4 is 0 Å². The predicted octanol–water partition coefficient (Wildman–Crippen LogP) is 0.526. The van der Waals surface area contributed by atoms with Crippen LogP contribution >= 0.6 is 0 Å². The van der Waals surface area contributed by atoms with E-state index in [1.807, 2.05) is 20.0 Å². The van der Waals surface area contributed by atoms with Gasteiger partial charge in [-0.25, -0.2) is 4.68 Å². The van der Waals surface area contributed by atoms with Gasteiger partial charge in [0.2, 0.25) is 5.88 Å². The Morgan fingerprint density at radius 1 is 1.35 bits per heavy atom. The van der Waals surface area contributed by atoms with E-state index in [4.69, 9.17) is 14.2 Å². The van der Waals surface area contributed by atoms with Gasteiger partial charge in [-0.05, 0) is 6.92 Å². The molecule has 1 aromatic heterocycles. The Morgan fingerprint density at radius 3 is 2.47 bits per heavy atom. The molecule has 1 atom stereocenters. The third-order valence-electron chi connectivity index (χ3n) is 2.57. The smallest absolute Gasteiger partial charge is 0.211 e. The first-order valence-electron chi connectivity index (χ1n) is 5.48. The van der Waals surface area contributed by atoms with Gasteiger partial charge >= 0.3 is 0 Å². The normalized spacial score (nSPS) is 13.1. The van der Waals surface area contributed by atoms with Crippen LogP contribution in [0, 0.1) is 0 Å². The van der Waals surface area contributed by atoms with E-state index >= 15 is 0 Å². The molecule has 0 bridgehead atoms. The molecule has 0 saturated heterocycles. The SMILES string of the molecule is COc1cc(CNC(C)C(OC)OC)nn1C. The molecule has 0 fully saturated rings. The second-order valence-corrected chi connectivity index (χ2v) is 3.81. The second-order valence-electron chi connectivity index (χ2n) is 3.81. The van der Waals surface area contributed by atoms with Crippen LogP contribution in [0.25, 0.3) is 0 Å². The van der Waals surface area contributed by atoms with E-state index in [0.29, 0.717) is 6.54 Å². The maximum Gasteiger partial charge on any atom is 0.211 e. The molecule has 0 aliphatic carbocycles. The quantitative estimate of drug-likeness (QED) is 0.708. The van der Waals surface area contributed by atoms with Crippen molar-refractivity contribution in [3.63, 3.8) is 0 Å². The minimum absolute atomic E-state index is 0.0815. The van der Waals surface area contributed by atoms with Crippen molar-refractivity contribution in [2.24, 2.45) is 7.05 Å². The molecule has 1 aromatic rings. The summed E-state index contributed by atoms with van der Waals surface area (Å²) in [6.07, 6.45) is -0.263. The average molecular weight is 243 g/mol. The van der Waals surface area contributed by atoms with E-state index in [1.165, 1.54) is 0 Å². The van der Waals surface area contributed by atoms with Gasteiger partial charge in [0, 0.05) is 33.9 Å². The van der Waals surface area contributed by atoms with Crippen LogP contribution in [0.2, 0.25) is 0 Å². The zero-order chi connectivity index (χ0) is 12.8. The molecule has 0 aliphatic heterocycles. The monoisotopic (exact) mass is 243 g/mol. The Hall–Kier alpha value is -1.11. The highest BCUT2D eigenvalue weighted by atomic mass is 16.7. The van der Waals surface area contributed by atoms with Gasteiger partial charge in [0.25, 0.3) is 0 Å². The summed E-state index contributed by atoms with van der Waals surface area (Å²) in [4.78, 5) is 0. The first-order chi connectivity index (χ1) is 8.12. The van der Waals surface area contributed by atoms with Gasteiger partial charge in [-0.15, -0.1) is 0 Å². The number of hydrogen-bond donors (Lipinski definition) is 1. The van der Waals surface area contributed by atoms with Crippen LogP contribution in [0.1, 0.15) is 12.6 Å². The van der Waals surface area contributed by atoms with Crippen LogP contribution in [0.5, 0.6) is 5.88 Å². The Bertz CT molecular complexity index is 337. The largest absolute Gasteiger partial charge is 0.481 e. The molecule has 6 heteroatoms. The number of methoxy groups -OCH3 is 3. The lowest BCUT2D eigenvalue weighted by molar-refractivity contribution is -0.119. The van der Waals surface area contributed by atoms with Crippen LogP contribution in [0.15, 0.2) is 6.07 Å². The Labute approximate surface area is 102 Å². The number of aromatic nitrogens is 2. The number of ether oxygens (including phenoxy) is 3. The van der Waals surface area contributed by atoms with Gasteiger partial charge in [-0.3, -0.25) is 0 Å². The number of aryl methyl sites for hydroxylation is 1. The lowest BCUT2D eigenvalue weighted by Crippen LogP contribution is -2.39. The van der Waals surface area contributed by atoms with Crippen molar-refractivity contribution in [1.82, 2.24) is 15.1 Å². The molecule has 0 aliphatic rings. The summed E-state index contributed by atoms with van der Waals surface area (Å²) in [7, 11) is 6.72. The van der Waals surface area contributed by atoms with Gasteiger partial charge in [-0.2, -0.15) is 5.10 Å². The molecule has 0 amide bonds. The third-order valence-corrected chi connectivity index (χ3v) is 2.57. The van der Waals surface area contributed by atoms with E-state index in [-0.39, 0.29) is 12.3 Å². The van der Waals surface area contributed by atoms with Crippen LogP contribution in [0.4, 0.5) is 0 Å². The van der Waals surface area contributed by atoms with Gasteiger partial charge < -0.3 is 19.5 Å². The molecule has 0 saturated carbocycles. The Kier molecular flexibility index (Phi) is 5.40. The summed E-state index contributed by atoms with van der Waals surface area (Å²) >= 11 is 0. The first-order valence-corrected chi connectivity index (χ1v) is 5.48. The zero-order valence-corrected chi connectivity index (χ0v) is 11.1. The fraction of sp³-hybridized carbons (Fsp3) is 0.727. The number of rotatable bonds is 7. The predicted molar refractivity (Wildman–Crippen MR) is 63.9 cm³/mol. The van der Waals surface area contributed by atoms with Gasteiger partial charge in [0.15, 0.2) is 6.29 Å².